The highest BCUT2D eigenvalue weighted by Gasteiger charge is 2.44. The first kappa shape index (κ1) is 23.2. The van der Waals surface area contributed by atoms with Gasteiger partial charge < -0.3 is 19.7 Å². The number of aromatic nitrogens is 4. The van der Waals surface area contributed by atoms with Crippen molar-refractivity contribution in [3.05, 3.63) is 65.6 Å². The lowest BCUT2D eigenvalue weighted by molar-refractivity contribution is -0.0206. The maximum Gasteiger partial charge on any atom is 0.184 e. The maximum absolute atomic E-state index is 15.0. The fourth-order valence-corrected chi connectivity index (χ4v) is 4.83. The zero-order chi connectivity index (χ0) is 24.3. The molecule has 2 atom stereocenters. The largest absolute Gasteiger partial charge is 0.490 e. The zero-order valence-corrected chi connectivity index (χ0v) is 19.7. The molecule has 2 aliphatic rings. The number of aryl methyl sites for hydroxylation is 1. The second kappa shape index (κ2) is 9.98. The Labute approximate surface area is 203 Å². The molecule has 0 aliphatic carbocycles. The number of piperazine rings is 1. The fourth-order valence-electron chi connectivity index (χ4n) is 4.83. The molecule has 1 unspecified atom stereocenters. The third-order valence-corrected chi connectivity index (χ3v) is 6.58. The molecule has 0 bridgehead atoms. The molecule has 2 fully saturated rings. The summed E-state index contributed by atoms with van der Waals surface area (Å²) in [4.78, 5) is 10.7. The Hall–Kier alpha value is -3.55. The number of nitrogens with zero attached hydrogens (tertiary/aromatic N) is 6. The Morgan fingerprint density at radius 2 is 2.14 bits per heavy atom. The van der Waals surface area contributed by atoms with Crippen molar-refractivity contribution in [3.63, 3.8) is 0 Å². The minimum atomic E-state index is -0.887. The Bertz CT molecular complexity index is 1210. The summed E-state index contributed by atoms with van der Waals surface area (Å²) in [6.07, 6.45) is 3.60. The van der Waals surface area contributed by atoms with E-state index in [-0.39, 0.29) is 17.4 Å². The highest BCUT2D eigenvalue weighted by Crippen LogP contribution is 2.42. The first-order chi connectivity index (χ1) is 17.1. The summed E-state index contributed by atoms with van der Waals surface area (Å²) >= 11 is 0. The molecule has 5 rings (SSSR count). The number of ether oxygens (including phenoxy) is 2. The monoisotopic (exact) mass is 477 g/mol. The number of anilines is 1. The van der Waals surface area contributed by atoms with Gasteiger partial charge in [0.05, 0.1) is 19.8 Å². The average Bonchev–Trinajstić information content (AvgIpc) is 3.54. The minimum absolute atomic E-state index is 0.00128. The summed E-state index contributed by atoms with van der Waals surface area (Å²) in [5.41, 5.74) is 0.724. The van der Waals surface area contributed by atoms with Crippen LogP contribution in [0.1, 0.15) is 23.2 Å². The Balaban J connectivity index is 1.31. The van der Waals surface area contributed by atoms with Crippen LogP contribution in [-0.4, -0.2) is 59.1 Å². The number of halogens is 1. The highest BCUT2D eigenvalue weighted by atomic mass is 19.1. The van der Waals surface area contributed by atoms with E-state index in [1.807, 2.05) is 19.1 Å². The standard InChI is InChI=1S/C25H28FN7O2/c1-18-2-3-20(21(26)10-18)25(15-33-17-29-16-30-33)11-19(14-35-25)13-34-23-4-5-24(31-22(23)12-27)32-8-6-28-7-9-32/h2-5,10,16-17,19,28H,6-9,11,13-15H2,1H3/t19?,25-/m0/s1. The van der Waals surface area contributed by atoms with E-state index < -0.39 is 5.60 Å². The van der Waals surface area contributed by atoms with Gasteiger partial charge in [-0.25, -0.2) is 19.0 Å². The van der Waals surface area contributed by atoms with Crippen LogP contribution in [0, 0.1) is 30.0 Å². The third kappa shape index (κ3) is 4.97. The van der Waals surface area contributed by atoms with Crippen molar-refractivity contribution in [2.75, 3.05) is 44.3 Å². The van der Waals surface area contributed by atoms with E-state index in [0.717, 1.165) is 37.6 Å². The molecule has 10 heteroatoms. The normalized spacial score (nSPS) is 22.2. The molecule has 2 aromatic heterocycles. The van der Waals surface area contributed by atoms with Crippen LogP contribution in [0.3, 0.4) is 0 Å². The van der Waals surface area contributed by atoms with Crippen LogP contribution in [0.2, 0.25) is 0 Å². The molecule has 182 valence electrons. The van der Waals surface area contributed by atoms with Gasteiger partial charge in [-0.1, -0.05) is 12.1 Å². The molecule has 0 saturated carbocycles. The molecule has 1 aromatic carbocycles. The molecular formula is C25H28FN7O2. The van der Waals surface area contributed by atoms with Crippen molar-refractivity contribution >= 4 is 5.82 Å². The van der Waals surface area contributed by atoms with Crippen LogP contribution in [0.5, 0.6) is 5.75 Å². The Morgan fingerprint density at radius 1 is 1.29 bits per heavy atom. The van der Waals surface area contributed by atoms with Crippen LogP contribution >= 0.6 is 0 Å². The second-order valence-electron chi connectivity index (χ2n) is 9.13. The lowest BCUT2D eigenvalue weighted by atomic mass is 9.86. The van der Waals surface area contributed by atoms with E-state index in [9.17, 15) is 5.26 Å². The predicted octanol–water partition coefficient (Wildman–Crippen LogP) is 2.41. The van der Waals surface area contributed by atoms with Crippen molar-refractivity contribution < 1.29 is 13.9 Å². The average molecular weight is 478 g/mol. The van der Waals surface area contributed by atoms with E-state index in [2.05, 4.69) is 31.4 Å². The van der Waals surface area contributed by atoms with Crippen molar-refractivity contribution in [2.45, 2.75) is 25.5 Å². The smallest absolute Gasteiger partial charge is 0.184 e. The Morgan fingerprint density at radius 3 is 2.89 bits per heavy atom. The SMILES string of the molecule is Cc1ccc([C@@]2(Cn3cncn3)CC(COc3ccc(N4CCNCC4)nc3C#N)CO2)c(F)c1. The van der Waals surface area contributed by atoms with Gasteiger partial charge in [0.2, 0.25) is 0 Å². The van der Waals surface area contributed by atoms with E-state index in [1.165, 1.54) is 12.4 Å². The van der Waals surface area contributed by atoms with Crippen molar-refractivity contribution in [1.29, 1.82) is 5.26 Å². The van der Waals surface area contributed by atoms with Crippen molar-refractivity contribution in [2.24, 2.45) is 5.92 Å². The van der Waals surface area contributed by atoms with E-state index in [1.54, 1.807) is 23.1 Å². The van der Waals surface area contributed by atoms with Gasteiger partial charge in [-0.05, 0) is 37.1 Å². The molecule has 35 heavy (non-hydrogen) atoms. The first-order valence-corrected chi connectivity index (χ1v) is 11.8. The van der Waals surface area contributed by atoms with E-state index in [0.29, 0.717) is 37.5 Å². The van der Waals surface area contributed by atoms with Crippen molar-refractivity contribution in [3.8, 4) is 11.8 Å². The third-order valence-electron chi connectivity index (χ3n) is 6.58. The summed E-state index contributed by atoms with van der Waals surface area (Å²) in [6, 6.07) is 11.1. The number of rotatable bonds is 7. The van der Waals surface area contributed by atoms with E-state index >= 15 is 4.39 Å². The van der Waals surface area contributed by atoms with E-state index in [4.69, 9.17) is 9.47 Å². The van der Waals surface area contributed by atoms with Gasteiger partial charge in [0.25, 0.3) is 0 Å². The number of benzene rings is 1. The molecule has 4 heterocycles. The Kier molecular flexibility index (Phi) is 6.61. The van der Waals surface area contributed by atoms with Crippen LogP contribution in [-0.2, 0) is 16.9 Å². The molecule has 0 amide bonds. The van der Waals surface area contributed by atoms with Crippen LogP contribution in [0.15, 0.2) is 43.0 Å². The lowest BCUT2D eigenvalue weighted by Gasteiger charge is -2.29. The molecule has 0 radical (unpaired) electrons. The van der Waals surface area contributed by atoms with Gasteiger partial charge in [0.15, 0.2) is 11.4 Å². The summed E-state index contributed by atoms with van der Waals surface area (Å²) in [5, 5.41) is 17.2. The fraction of sp³-hybridized carbons (Fsp3) is 0.440. The second-order valence-corrected chi connectivity index (χ2v) is 9.13. The van der Waals surface area contributed by atoms with Gasteiger partial charge in [0.1, 0.15) is 36.0 Å². The maximum atomic E-state index is 15.0. The highest BCUT2D eigenvalue weighted by molar-refractivity contribution is 5.48. The van der Waals surface area contributed by atoms with Gasteiger partial charge in [-0.3, -0.25) is 0 Å². The molecule has 0 spiro atoms. The predicted molar refractivity (Wildman–Crippen MR) is 126 cm³/mol. The van der Waals surface area contributed by atoms with Crippen LogP contribution < -0.4 is 15.0 Å². The van der Waals surface area contributed by atoms with Gasteiger partial charge >= 0.3 is 0 Å². The molecule has 1 N–H and O–H groups in total. The van der Waals surface area contributed by atoms with Gasteiger partial charge in [0, 0.05) is 37.7 Å². The van der Waals surface area contributed by atoms with Crippen molar-refractivity contribution in [1.82, 2.24) is 25.1 Å². The molecule has 9 nitrogen and oxygen atoms in total. The summed E-state index contributed by atoms with van der Waals surface area (Å²) in [7, 11) is 0. The molecule has 3 aromatic rings. The van der Waals surface area contributed by atoms with Gasteiger partial charge in [-0.15, -0.1) is 0 Å². The number of hydrogen-bond acceptors (Lipinski definition) is 8. The number of nitrogens with one attached hydrogen (secondary N) is 1. The number of nitriles is 1. The van der Waals surface area contributed by atoms with Crippen LogP contribution in [0.25, 0.3) is 0 Å². The number of hydrogen-bond donors (Lipinski definition) is 1. The number of pyridine rings is 1. The quantitative estimate of drug-likeness (QED) is 0.554. The molecule has 2 saturated heterocycles. The zero-order valence-electron chi connectivity index (χ0n) is 19.7. The van der Waals surface area contributed by atoms with Crippen LogP contribution in [0.4, 0.5) is 10.2 Å². The molecule has 2 aliphatic heterocycles. The minimum Gasteiger partial charge on any atom is -0.490 e. The summed E-state index contributed by atoms with van der Waals surface area (Å²) in [6.45, 7) is 6.40. The lowest BCUT2D eigenvalue weighted by Crippen LogP contribution is -2.43. The molecular weight excluding hydrogens is 449 g/mol. The van der Waals surface area contributed by atoms with Gasteiger partial charge in [-0.2, -0.15) is 10.4 Å². The first-order valence-electron chi connectivity index (χ1n) is 11.8. The topological polar surface area (TPSA) is 101 Å². The summed E-state index contributed by atoms with van der Waals surface area (Å²) < 4.78 is 29.0. The summed E-state index contributed by atoms with van der Waals surface area (Å²) in [5.74, 6) is 0.924.